The number of nitrogens with one attached hydrogen (secondary N) is 2. The number of anilines is 1. The van der Waals surface area contributed by atoms with Crippen LogP contribution in [0.25, 0.3) is 0 Å². The smallest absolute Gasteiger partial charge is 0.408 e. The molecular formula is C27H35N3O5. The number of amides is 3. The molecule has 2 unspecified atom stereocenters. The topological polar surface area (TPSA) is 97.0 Å². The Balaban J connectivity index is 2.39. The second-order valence-corrected chi connectivity index (χ2v) is 9.12. The standard InChI is InChI=1S/C27H35N3O5/c1-8-17-30(25(32)19(3)28-26(33)35-27(4,5)6)23(22-12-10-9-11-18(22)2)24(31)29-20-13-15-21(34-7)16-14-20/h8-16,19,23H,1,17H2,2-7H3,(H,28,33)(H,29,31). The number of ether oxygens (including phenoxy) is 2. The molecular weight excluding hydrogens is 446 g/mol. The summed E-state index contributed by atoms with van der Waals surface area (Å²) in [5.41, 5.74) is 1.35. The van der Waals surface area contributed by atoms with E-state index in [1.165, 1.54) is 4.90 Å². The first-order chi connectivity index (χ1) is 16.5. The van der Waals surface area contributed by atoms with Crippen LogP contribution in [0.2, 0.25) is 0 Å². The maximum atomic E-state index is 13.6. The summed E-state index contributed by atoms with van der Waals surface area (Å²) >= 11 is 0. The van der Waals surface area contributed by atoms with Crippen LogP contribution in [-0.2, 0) is 14.3 Å². The van der Waals surface area contributed by atoms with Crippen molar-refractivity contribution in [2.45, 2.75) is 52.3 Å². The number of alkyl carbamates (subject to hydrolysis) is 1. The Kier molecular flexibility index (Phi) is 9.45. The molecule has 8 heteroatoms. The minimum absolute atomic E-state index is 0.0915. The third-order valence-electron chi connectivity index (χ3n) is 5.11. The molecule has 2 atom stereocenters. The highest BCUT2D eigenvalue weighted by Gasteiger charge is 2.35. The van der Waals surface area contributed by atoms with Gasteiger partial charge in [-0.3, -0.25) is 9.59 Å². The van der Waals surface area contributed by atoms with Crippen molar-refractivity contribution in [2.24, 2.45) is 0 Å². The van der Waals surface area contributed by atoms with E-state index >= 15 is 0 Å². The van der Waals surface area contributed by atoms with Gasteiger partial charge in [0.2, 0.25) is 5.91 Å². The molecule has 3 amide bonds. The molecule has 0 aliphatic carbocycles. The third-order valence-corrected chi connectivity index (χ3v) is 5.11. The number of benzene rings is 2. The Bertz CT molecular complexity index is 1040. The highest BCUT2D eigenvalue weighted by Crippen LogP contribution is 2.27. The third kappa shape index (κ3) is 7.88. The molecule has 188 valence electrons. The van der Waals surface area contributed by atoms with Gasteiger partial charge in [0, 0.05) is 12.2 Å². The molecule has 2 rings (SSSR count). The van der Waals surface area contributed by atoms with Crippen molar-refractivity contribution in [2.75, 3.05) is 19.0 Å². The van der Waals surface area contributed by atoms with Crippen molar-refractivity contribution in [3.05, 3.63) is 72.3 Å². The van der Waals surface area contributed by atoms with Crippen molar-refractivity contribution in [3.63, 3.8) is 0 Å². The van der Waals surface area contributed by atoms with Crippen LogP contribution in [0.4, 0.5) is 10.5 Å². The van der Waals surface area contributed by atoms with Crippen LogP contribution in [-0.4, -0.2) is 48.1 Å². The van der Waals surface area contributed by atoms with E-state index in [1.54, 1.807) is 65.1 Å². The number of carbonyl (C=O) groups is 3. The van der Waals surface area contributed by atoms with Gasteiger partial charge in [-0.05, 0) is 70.0 Å². The van der Waals surface area contributed by atoms with Crippen LogP contribution in [0.3, 0.4) is 0 Å². The molecule has 0 heterocycles. The molecule has 2 aromatic carbocycles. The minimum Gasteiger partial charge on any atom is -0.497 e. The van der Waals surface area contributed by atoms with Crippen LogP contribution < -0.4 is 15.4 Å². The first-order valence-electron chi connectivity index (χ1n) is 11.4. The molecule has 35 heavy (non-hydrogen) atoms. The highest BCUT2D eigenvalue weighted by atomic mass is 16.6. The van der Waals surface area contributed by atoms with Crippen LogP contribution in [0, 0.1) is 6.92 Å². The number of carbonyl (C=O) groups excluding carboxylic acids is 3. The fourth-order valence-electron chi connectivity index (χ4n) is 3.49. The largest absolute Gasteiger partial charge is 0.497 e. The second-order valence-electron chi connectivity index (χ2n) is 9.12. The van der Waals surface area contributed by atoms with E-state index in [0.29, 0.717) is 17.0 Å². The molecule has 0 fully saturated rings. The molecule has 0 aliphatic heterocycles. The normalized spacial score (nSPS) is 12.6. The van der Waals surface area contributed by atoms with E-state index in [1.807, 2.05) is 31.2 Å². The Morgan fingerprint density at radius 1 is 1.09 bits per heavy atom. The van der Waals surface area contributed by atoms with Crippen molar-refractivity contribution >= 4 is 23.6 Å². The van der Waals surface area contributed by atoms with Crippen molar-refractivity contribution in [1.29, 1.82) is 0 Å². The van der Waals surface area contributed by atoms with Gasteiger partial charge in [-0.1, -0.05) is 30.3 Å². The summed E-state index contributed by atoms with van der Waals surface area (Å²) in [7, 11) is 1.56. The number of rotatable bonds is 9. The van der Waals surface area contributed by atoms with Crippen LogP contribution in [0.5, 0.6) is 5.75 Å². The summed E-state index contributed by atoms with van der Waals surface area (Å²) in [5.74, 6) is -0.193. The maximum Gasteiger partial charge on any atom is 0.408 e. The van der Waals surface area contributed by atoms with Gasteiger partial charge in [0.15, 0.2) is 0 Å². The lowest BCUT2D eigenvalue weighted by molar-refractivity contribution is -0.139. The average Bonchev–Trinajstić information content (AvgIpc) is 2.78. The molecule has 2 aromatic rings. The predicted molar refractivity (Wildman–Crippen MR) is 136 cm³/mol. The Labute approximate surface area is 207 Å². The maximum absolute atomic E-state index is 13.6. The quantitative estimate of drug-likeness (QED) is 0.510. The molecule has 0 bridgehead atoms. The first-order valence-corrected chi connectivity index (χ1v) is 11.4. The lowest BCUT2D eigenvalue weighted by Crippen LogP contribution is -2.51. The molecule has 0 saturated heterocycles. The van der Waals surface area contributed by atoms with Crippen LogP contribution in [0.1, 0.15) is 44.9 Å². The minimum atomic E-state index is -0.966. The van der Waals surface area contributed by atoms with Crippen molar-refractivity contribution in [3.8, 4) is 5.75 Å². The van der Waals surface area contributed by atoms with E-state index in [9.17, 15) is 14.4 Å². The number of aryl methyl sites for hydroxylation is 1. The van der Waals surface area contributed by atoms with Gasteiger partial charge < -0.3 is 25.0 Å². The Hall–Kier alpha value is -3.81. The van der Waals surface area contributed by atoms with Crippen LogP contribution in [0.15, 0.2) is 61.2 Å². The van der Waals surface area contributed by atoms with E-state index < -0.39 is 35.6 Å². The number of nitrogens with zero attached hydrogens (tertiary/aromatic N) is 1. The van der Waals surface area contributed by atoms with Gasteiger partial charge in [-0.15, -0.1) is 6.58 Å². The second kappa shape index (κ2) is 12.1. The van der Waals surface area contributed by atoms with Gasteiger partial charge in [0.05, 0.1) is 7.11 Å². The predicted octanol–water partition coefficient (Wildman–Crippen LogP) is 4.61. The SMILES string of the molecule is C=CCN(C(=O)C(C)NC(=O)OC(C)(C)C)C(C(=O)Nc1ccc(OC)cc1)c1ccccc1C. The number of hydrogen-bond acceptors (Lipinski definition) is 5. The van der Waals surface area contributed by atoms with E-state index in [-0.39, 0.29) is 6.54 Å². The molecule has 2 N–H and O–H groups in total. The summed E-state index contributed by atoms with van der Waals surface area (Å²) in [6.45, 7) is 12.5. The Morgan fingerprint density at radius 2 is 1.71 bits per heavy atom. The summed E-state index contributed by atoms with van der Waals surface area (Å²) < 4.78 is 10.5. The number of methoxy groups -OCH3 is 1. The fourth-order valence-corrected chi connectivity index (χ4v) is 3.49. The zero-order valence-corrected chi connectivity index (χ0v) is 21.3. The van der Waals surface area contributed by atoms with Crippen LogP contribution >= 0.6 is 0 Å². The van der Waals surface area contributed by atoms with E-state index in [4.69, 9.17) is 9.47 Å². The molecule has 0 saturated carbocycles. The highest BCUT2D eigenvalue weighted by molar-refractivity contribution is 5.99. The molecule has 0 aromatic heterocycles. The van der Waals surface area contributed by atoms with Gasteiger partial charge in [0.1, 0.15) is 23.4 Å². The summed E-state index contributed by atoms with van der Waals surface area (Å²) in [6, 6.07) is 12.4. The lowest BCUT2D eigenvalue weighted by atomic mass is 9.98. The van der Waals surface area contributed by atoms with Crippen molar-refractivity contribution < 1.29 is 23.9 Å². The van der Waals surface area contributed by atoms with E-state index in [0.717, 1.165) is 5.56 Å². The van der Waals surface area contributed by atoms with Gasteiger partial charge in [-0.2, -0.15) is 0 Å². The lowest BCUT2D eigenvalue weighted by Gasteiger charge is -2.33. The van der Waals surface area contributed by atoms with Gasteiger partial charge >= 0.3 is 6.09 Å². The van der Waals surface area contributed by atoms with Gasteiger partial charge in [-0.25, -0.2) is 4.79 Å². The molecule has 0 spiro atoms. The Morgan fingerprint density at radius 3 is 2.26 bits per heavy atom. The van der Waals surface area contributed by atoms with Crippen molar-refractivity contribution in [1.82, 2.24) is 10.2 Å². The van der Waals surface area contributed by atoms with E-state index in [2.05, 4.69) is 17.2 Å². The first kappa shape index (κ1) is 27.4. The fraction of sp³-hybridized carbons (Fsp3) is 0.370. The molecule has 8 nitrogen and oxygen atoms in total. The molecule has 0 radical (unpaired) electrons. The zero-order valence-electron chi connectivity index (χ0n) is 21.3. The summed E-state index contributed by atoms with van der Waals surface area (Å²) in [4.78, 5) is 40.8. The van der Waals surface area contributed by atoms with Gasteiger partial charge in [0.25, 0.3) is 5.91 Å². The summed E-state index contributed by atoms with van der Waals surface area (Å²) in [5, 5.41) is 5.45. The zero-order chi connectivity index (χ0) is 26.2. The average molecular weight is 482 g/mol. The monoisotopic (exact) mass is 481 g/mol. The molecule has 0 aliphatic rings. The summed E-state index contributed by atoms with van der Waals surface area (Å²) in [6.07, 6.45) is 0.830. The number of hydrogen-bond donors (Lipinski definition) is 2.